The van der Waals surface area contributed by atoms with E-state index in [-0.39, 0.29) is 11.1 Å². The highest BCUT2D eigenvalue weighted by Gasteiger charge is 2.33. The molecule has 8 heteroatoms. The van der Waals surface area contributed by atoms with E-state index in [1.54, 1.807) is 0 Å². The number of ether oxygens (including phenoxy) is 1. The standard InChI is InChI=1S/C12H7F5N2O/c13-10(14)20-11-18-5-7(6-19-11)8-3-1-2-4-9(8)12(15,16)17/h1-6,10H. The second-order valence-electron chi connectivity index (χ2n) is 3.68. The molecule has 0 bridgehead atoms. The molecule has 0 aliphatic rings. The lowest BCUT2D eigenvalue weighted by atomic mass is 10.0. The number of benzene rings is 1. The van der Waals surface area contributed by atoms with E-state index in [1.165, 1.54) is 18.2 Å². The third kappa shape index (κ3) is 3.19. The Balaban J connectivity index is 2.37. The summed E-state index contributed by atoms with van der Waals surface area (Å²) >= 11 is 0. The van der Waals surface area contributed by atoms with Crippen LogP contribution in [0.3, 0.4) is 0 Å². The Labute approximate surface area is 110 Å². The molecule has 0 aliphatic carbocycles. The molecule has 1 heterocycles. The lowest BCUT2D eigenvalue weighted by molar-refractivity contribution is -0.137. The Morgan fingerprint density at radius 2 is 1.60 bits per heavy atom. The fourth-order valence-corrected chi connectivity index (χ4v) is 1.58. The second-order valence-corrected chi connectivity index (χ2v) is 3.68. The zero-order chi connectivity index (χ0) is 14.8. The first-order valence-corrected chi connectivity index (χ1v) is 5.31. The topological polar surface area (TPSA) is 35.0 Å². The molecule has 0 N–H and O–H groups in total. The maximum Gasteiger partial charge on any atom is 0.417 e. The number of rotatable bonds is 3. The summed E-state index contributed by atoms with van der Waals surface area (Å²) in [5.74, 6) is 0. The van der Waals surface area contributed by atoms with Crippen LogP contribution in [0.4, 0.5) is 22.0 Å². The first-order valence-electron chi connectivity index (χ1n) is 5.31. The SMILES string of the molecule is FC(F)Oc1ncc(-c2ccccc2C(F)(F)F)cn1. The van der Waals surface area contributed by atoms with Crippen molar-refractivity contribution in [3.63, 3.8) is 0 Å². The molecule has 0 spiro atoms. The molecular formula is C12H7F5N2O. The van der Waals surface area contributed by atoms with Crippen LogP contribution in [0.2, 0.25) is 0 Å². The quantitative estimate of drug-likeness (QED) is 0.807. The van der Waals surface area contributed by atoms with Gasteiger partial charge in [-0.15, -0.1) is 0 Å². The maximum atomic E-state index is 12.8. The second kappa shape index (κ2) is 5.40. The minimum Gasteiger partial charge on any atom is -0.401 e. The molecule has 1 aromatic carbocycles. The average Bonchev–Trinajstić information content (AvgIpc) is 2.38. The minimum absolute atomic E-state index is 0.0551. The van der Waals surface area contributed by atoms with Gasteiger partial charge in [0.25, 0.3) is 0 Å². The predicted molar refractivity (Wildman–Crippen MR) is 59.1 cm³/mol. The molecular weight excluding hydrogens is 283 g/mol. The summed E-state index contributed by atoms with van der Waals surface area (Å²) in [6.45, 7) is -3.09. The third-order valence-electron chi connectivity index (χ3n) is 2.37. The van der Waals surface area contributed by atoms with Gasteiger partial charge in [0.05, 0.1) is 5.56 Å². The molecule has 2 rings (SSSR count). The predicted octanol–water partition coefficient (Wildman–Crippen LogP) is 3.76. The van der Waals surface area contributed by atoms with Gasteiger partial charge in [-0.05, 0) is 11.6 Å². The Hall–Kier alpha value is -2.25. The summed E-state index contributed by atoms with van der Waals surface area (Å²) in [5.41, 5.74) is -0.936. The summed E-state index contributed by atoms with van der Waals surface area (Å²) in [5, 5.41) is 0. The number of aromatic nitrogens is 2. The highest BCUT2D eigenvalue weighted by molar-refractivity contribution is 5.66. The van der Waals surface area contributed by atoms with Crippen molar-refractivity contribution in [2.24, 2.45) is 0 Å². The summed E-state index contributed by atoms with van der Waals surface area (Å²) in [6.07, 6.45) is -2.54. The molecule has 0 fully saturated rings. The molecule has 1 aromatic heterocycles. The maximum absolute atomic E-state index is 12.8. The largest absolute Gasteiger partial charge is 0.417 e. The van der Waals surface area contributed by atoms with Crippen molar-refractivity contribution in [1.82, 2.24) is 9.97 Å². The van der Waals surface area contributed by atoms with Crippen molar-refractivity contribution in [2.45, 2.75) is 12.8 Å². The first-order chi connectivity index (χ1) is 9.38. The normalized spacial score (nSPS) is 11.7. The van der Waals surface area contributed by atoms with E-state index in [2.05, 4.69) is 14.7 Å². The lowest BCUT2D eigenvalue weighted by Gasteiger charge is -2.12. The highest BCUT2D eigenvalue weighted by atomic mass is 19.4. The summed E-state index contributed by atoms with van der Waals surface area (Å²) in [4.78, 5) is 6.88. The molecule has 0 saturated heterocycles. The van der Waals surface area contributed by atoms with Crippen molar-refractivity contribution in [3.8, 4) is 17.1 Å². The zero-order valence-electron chi connectivity index (χ0n) is 9.73. The number of hydrogen-bond acceptors (Lipinski definition) is 3. The lowest BCUT2D eigenvalue weighted by Crippen LogP contribution is -2.08. The first kappa shape index (κ1) is 14.2. The van der Waals surface area contributed by atoms with Crippen LogP contribution in [-0.2, 0) is 6.18 Å². The van der Waals surface area contributed by atoms with Gasteiger partial charge >= 0.3 is 18.8 Å². The summed E-state index contributed by atoms with van der Waals surface area (Å²) in [7, 11) is 0. The molecule has 0 saturated carbocycles. The highest BCUT2D eigenvalue weighted by Crippen LogP contribution is 2.36. The Morgan fingerprint density at radius 3 is 2.15 bits per heavy atom. The minimum atomic E-state index is -4.53. The Bertz CT molecular complexity index is 583. The Morgan fingerprint density at radius 1 is 1.00 bits per heavy atom. The molecule has 0 radical (unpaired) electrons. The third-order valence-corrected chi connectivity index (χ3v) is 2.37. The van der Waals surface area contributed by atoms with Crippen LogP contribution in [-0.4, -0.2) is 16.6 Å². The molecule has 2 aromatic rings. The van der Waals surface area contributed by atoms with E-state index < -0.39 is 24.4 Å². The van der Waals surface area contributed by atoms with E-state index in [1.807, 2.05) is 0 Å². The van der Waals surface area contributed by atoms with Crippen LogP contribution < -0.4 is 4.74 Å². The summed E-state index contributed by atoms with van der Waals surface area (Å²) < 4.78 is 66.2. The van der Waals surface area contributed by atoms with Crippen LogP contribution in [0.25, 0.3) is 11.1 Å². The van der Waals surface area contributed by atoms with Gasteiger partial charge in [0.15, 0.2) is 0 Å². The monoisotopic (exact) mass is 290 g/mol. The zero-order valence-corrected chi connectivity index (χ0v) is 9.73. The smallest absolute Gasteiger partial charge is 0.401 e. The van der Waals surface area contributed by atoms with Gasteiger partial charge in [-0.3, -0.25) is 0 Å². The van der Waals surface area contributed by atoms with Gasteiger partial charge in [0.2, 0.25) is 0 Å². The van der Waals surface area contributed by atoms with Crippen LogP contribution in [0.5, 0.6) is 6.01 Å². The average molecular weight is 290 g/mol. The fourth-order valence-electron chi connectivity index (χ4n) is 1.58. The van der Waals surface area contributed by atoms with E-state index in [9.17, 15) is 22.0 Å². The van der Waals surface area contributed by atoms with Crippen molar-refractivity contribution in [1.29, 1.82) is 0 Å². The van der Waals surface area contributed by atoms with Crippen molar-refractivity contribution < 1.29 is 26.7 Å². The van der Waals surface area contributed by atoms with E-state index in [4.69, 9.17) is 0 Å². The van der Waals surface area contributed by atoms with Gasteiger partial charge in [0.1, 0.15) is 0 Å². The van der Waals surface area contributed by atoms with Crippen LogP contribution in [0.1, 0.15) is 5.56 Å². The van der Waals surface area contributed by atoms with Crippen LogP contribution >= 0.6 is 0 Å². The molecule has 106 valence electrons. The molecule has 20 heavy (non-hydrogen) atoms. The fraction of sp³-hybridized carbons (Fsp3) is 0.167. The number of alkyl halides is 5. The molecule has 0 unspecified atom stereocenters. The summed E-state index contributed by atoms with van der Waals surface area (Å²) in [6, 6.07) is 4.23. The van der Waals surface area contributed by atoms with Gasteiger partial charge in [-0.25, -0.2) is 9.97 Å². The number of halogens is 5. The van der Waals surface area contributed by atoms with Gasteiger partial charge in [-0.1, -0.05) is 18.2 Å². The number of hydrogen-bond donors (Lipinski definition) is 0. The van der Waals surface area contributed by atoms with E-state index >= 15 is 0 Å². The number of nitrogens with zero attached hydrogens (tertiary/aromatic N) is 2. The molecule has 0 aliphatic heterocycles. The van der Waals surface area contributed by atoms with Crippen molar-refractivity contribution >= 4 is 0 Å². The van der Waals surface area contributed by atoms with Crippen LogP contribution in [0.15, 0.2) is 36.7 Å². The van der Waals surface area contributed by atoms with Gasteiger partial charge in [-0.2, -0.15) is 22.0 Å². The van der Waals surface area contributed by atoms with E-state index in [0.29, 0.717) is 0 Å². The van der Waals surface area contributed by atoms with Crippen molar-refractivity contribution in [2.75, 3.05) is 0 Å². The van der Waals surface area contributed by atoms with Crippen molar-refractivity contribution in [3.05, 3.63) is 42.2 Å². The molecule has 0 atom stereocenters. The molecule has 0 amide bonds. The van der Waals surface area contributed by atoms with Gasteiger partial charge < -0.3 is 4.74 Å². The van der Waals surface area contributed by atoms with Crippen LogP contribution in [0, 0.1) is 0 Å². The van der Waals surface area contributed by atoms with Gasteiger partial charge in [0, 0.05) is 18.0 Å². The Kier molecular flexibility index (Phi) is 3.82. The van der Waals surface area contributed by atoms with E-state index in [0.717, 1.165) is 18.5 Å². The molecule has 3 nitrogen and oxygen atoms in total.